The average Bonchev–Trinajstić information content (AvgIpc) is 1.88. The Balaban J connectivity index is 2.59. The SMILES string of the molecule is C[C@@H]1CC=CC[C@@H]1C(=O)O. The van der Waals surface area contributed by atoms with Gasteiger partial charge in [-0.25, -0.2) is 0 Å². The molecule has 0 unspecified atom stereocenters. The zero-order valence-electron chi connectivity index (χ0n) is 6.08. The average molecular weight is 140 g/mol. The fourth-order valence-corrected chi connectivity index (χ4v) is 1.29. The number of carbonyl (C=O) groups is 1. The summed E-state index contributed by atoms with van der Waals surface area (Å²) in [4.78, 5) is 10.5. The molecule has 0 amide bonds. The van der Waals surface area contributed by atoms with Crippen molar-refractivity contribution in [2.24, 2.45) is 11.8 Å². The lowest BCUT2D eigenvalue weighted by molar-refractivity contribution is -0.143. The highest BCUT2D eigenvalue weighted by Gasteiger charge is 2.24. The predicted octanol–water partition coefficient (Wildman–Crippen LogP) is 1.67. The second kappa shape index (κ2) is 2.86. The molecule has 0 saturated carbocycles. The van der Waals surface area contributed by atoms with Crippen LogP contribution in [0.1, 0.15) is 19.8 Å². The van der Waals surface area contributed by atoms with Gasteiger partial charge in [-0.3, -0.25) is 4.79 Å². The third-order valence-electron chi connectivity index (χ3n) is 2.07. The topological polar surface area (TPSA) is 37.3 Å². The largest absolute Gasteiger partial charge is 0.481 e. The standard InChI is InChI=1S/C8H12O2/c1-6-4-2-3-5-7(6)8(9)10/h2-3,6-7H,4-5H2,1H3,(H,9,10)/t6-,7+/m1/s1. The highest BCUT2D eigenvalue weighted by Crippen LogP contribution is 2.24. The molecule has 0 fully saturated rings. The van der Waals surface area contributed by atoms with Crippen LogP contribution >= 0.6 is 0 Å². The van der Waals surface area contributed by atoms with E-state index < -0.39 is 5.97 Å². The van der Waals surface area contributed by atoms with E-state index in [1.165, 1.54) is 0 Å². The Morgan fingerprint density at radius 3 is 2.50 bits per heavy atom. The molecule has 0 aromatic carbocycles. The molecule has 0 bridgehead atoms. The third-order valence-corrected chi connectivity index (χ3v) is 2.07. The summed E-state index contributed by atoms with van der Waals surface area (Å²) >= 11 is 0. The van der Waals surface area contributed by atoms with Crippen LogP contribution in [0.3, 0.4) is 0 Å². The van der Waals surface area contributed by atoms with E-state index in [4.69, 9.17) is 5.11 Å². The minimum Gasteiger partial charge on any atom is -0.481 e. The van der Waals surface area contributed by atoms with Crippen LogP contribution in [0, 0.1) is 11.8 Å². The van der Waals surface area contributed by atoms with Gasteiger partial charge >= 0.3 is 5.97 Å². The van der Waals surface area contributed by atoms with E-state index in [1.807, 2.05) is 13.0 Å². The van der Waals surface area contributed by atoms with Crippen molar-refractivity contribution >= 4 is 5.97 Å². The van der Waals surface area contributed by atoms with Gasteiger partial charge in [0.25, 0.3) is 0 Å². The van der Waals surface area contributed by atoms with Gasteiger partial charge in [0.1, 0.15) is 0 Å². The van der Waals surface area contributed by atoms with Crippen LogP contribution in [-0.4, -0.2) is 11.1 Å². The molecule has 0 aliphatic heterocycles. The Bertz CT molecular complexity index is 161. The smallest absolute Gasteiger partial charge is 0.307 e. The van der Waals surface area contributed by atoms with E-state index in [0.29, 0.717) is 12.3 Å². The van der Waals surface area contributed by atoms with Crippen molar-refractivity contribution in [1.29, 1.82) is 0 Å². The van der Waals surface area contributed by atoms with Gasteiger partial charge in [0.2, 0.25) is 0 Å². The van der Waals surface area contributed by atoms with E-state index >= 15 is 0 Å². The number of allylic oxidation sites excluding steroid dienone is 2. The molecular weight excluding hydrogens is 128 g/mol. The van der Waals surface area contributed by atoms with Crippen molar-refractivity contribution in [1.82, 2.24) is 0 Å². The summed E-state index contributed by atoms with van der Waals surface area (Å²) in [7, 11) is 0. The second-order valence-corrected chi connectivity index (χ2v) is 2.86. The van der Waals surface area contributed by atoms with Gasteiger partial charge in [-0.15, -0.1) is 0 Å². The van der Waals surface area contributed by atoms with Crippen molar-refractivity contribution in [3.05, 3.63) is 12.2 Å². The molecule has 0 saturated heterocycles. The van der Waals surface area contributed by atoms with Crippen LogP contribution in [0.4, 0.5) is 0 Å². The van der Waals surface area contributed by atoms with E-state index in [9.17, 15) is 4.79 Å². The van der Waals surface area contributed by atoms with Crippen LogP contribution in [0.25, 0.3) is 0 Å². The molecular formula is C8H12O2. The number of hydrogen-bond acceptors (Lipinski definition) is 1. The van der Waals surface area contributed by atoms with Crippen LogP contribution in [0.5, 0.6) is 0 Å². The van der Waals surface area contributed by atoms with Gasteiger partial charge in [0, 0.05) is 0 Å². The van der Waals surface area contributed by atoms with E-state index in [-0.39, 0.29) is 5.92 Å². The summed E-state index contributed by atoms with van der Waals surface area (Å²) in [6.45, 7) is 1.99. The lowest BCUT2D eigenvalue weighted by Crippen LogP contribution is -2.22. The lowest BCUT2D eigenvalue weighted by Gasteiger charge is -2.20. The molecule has 1 N–H and O–H groups in total. The Morgan fingerprint density at radius 1 is 1.50 bits per heavy atom. The minimum atomic E-state index is -0.656. The summed E-state index contributed by atoms with van der Waals surface area (Å²) in [5.41, 5.74) is 0. The number of hydrogen-bond donors (Lipinski definition) is 1. The first-order chi connectivity index (χ1) is 4.72. The number of rotatable bonds is 1. The van der Waals surface area contributed by atoms with E-state index in [1.54, 1.807) is 0 Å². The quantitative estimate of drug-likeness (QED) is 0.562. The summed E-state index contributed by atoms with van der Waals surface area (Å²) in [5.74, 6) is -0.496. The summed E-state index contributed by atoms with van der Waals surface area (Å²) < 4.78 is 0. The highest BCUT2D eigenvalue weighted by molar-refractivity contribution is 5.70. The maximum absolute atomic E-state index is 10.5. The summed E-state index contributed by atoms with van der Waals surface area (Å²) in [5, 5.41) is 8.67. The van der Waals surface area contributed by atoms with Gasteiger partial charge in [-0.05, 0) is 18.8 Å². The highest BCUT2D eigenvalue weighted by atomic mass is 16.4. The van der Waals surface area contributed by atoms with Gasteiger partial charge in [-0.1, -0.05) is 19.1 Å². The molecule has 1 aliphatic carbocycles. The maximum Gasteiger partial charge on any atom is 0.307 e. The number of aliphatic carboxylic acids is 1. The molecule has 0 spiro atoms. The molecule has 0 radical (unpaired) electrons. The molecule has 0 aromatic heterocycles. The fraction of sp³-hybridized carbons (Fsp3) is 0.625. The molecule has 1 rings (SSSR count). The molecule has 2 heteroatoms. The lowest BCUT2D eigenvalue weighted by atomic mass is 9.85. The van der Waals surface area contributed by atoms with Crippen LogP contribution in [-0.2, 0) is 4.79 Å². The summed E-state index contributed by atoms with van der Waals surface area (Å²) in [6.07, 6.45) is 5.64. The molecule has 56 valence electrons. The number of carboxylic acid groups (broad SMARTS) is 1. The molecule has 1 aliphatic rings. The van der Waals surface area contributed by atoms with Gasteiger partial charge in [0.05, 0.1) is 5.92 Å². The Morgan fingerprint density at radius 2 is 2.10 bits per heavy atom. The van der Waals surface area contributed by atoms with Crippen molar-refractivity contribution < 1.29 is 9.90 Å². The normalized spacial score (nSPS) is 32.1. The van der Waals surface area contributed by atoms with E-state index in [2.05, 4.69) is 6.08 Å². The Kier molecular flexibility index (Phi) is 2.10. The van der Waals surface area contributed by atoms with Crippen LogP contribution < -0.4 is 0 Å². The monoisotopic (exact) mass is 140 g/mol. The van der Waals surface area contributed by atoms with Crippen LogP contribution in [0.2, 0.25) is 0 Å². The Hall–Kier alpha value is -0.790. The third kappa shape index (κ3) is 1.38. The van der Waals surface area contributed by atoms with Crippen molar-refractivity contribution in [2.45, 2.75) is 19.8 Å². The second-order valence-electron chi connectivity index (χ2n) is 2.86. The van der Waals surface area contributed by atoms with Crippen molar-refractivity contribution in [3.63, 3.8) is 0 Å². The van der Waals surface area contributed by atoms with Crippen molar-refractivity contribution in [3.8, 4) is 0 Å². The van der Waals surface area contributed by atoms with Crippen LogP contribution in [0.15, 0.2) is 12.2 Å². The zero-order valence-corrected chi connectivity index (χ0v) is 6.08. The minimum absolute atomic E-state index is 0.148. The molecule has 0 heterocycles. The molecule has 2 atom stereocenters. The van der Waals surface area contributed by atoms with Crippen molar-refractivity contribution in [2.75, 3.05) is 0 Å². The fourth-order valence-electron chi connectivity index (χ4n) is 1.29. The van der Waals surface area contributed by atoms with E-state index in [0.717, 1.165) is 6.42 Å². The first kappa shape index (κ1) is 7.32. The molecule has 10 heavy (non-hydrogen) atoms. The Labute approximate surface area is 60.6 Å². The first-order valence-electron chi connectivity index (χ1n) is 3.59. The van der Waals surface area contributed by atoms with Gasteiger partial charge < -0.3 is 5.11 Å². The zero-order chi connectivity index (χ0) is 7.56. The molecule has 2 nitrogen and oxygen atoms in total. The molecule has 0 aromatic rings. The number of carboxylic acids is 1. The summed E-state index contributed by atoms with van der Waals surface area (Å²) in [6, 6.07) is 0. The first-order valence-corrected chi connectivity index (χ1v) is 3.59. The van der Waals surface area contributed by atoms with Gasteiger partial charge in [0.15, 0.2) is 0 Å². The maximum atomic E-state index is 10.5. The predicted molar refractivity (Wildman–Crippen MR) is 38.7 cm³/mol. The van der Waals surface area contributed by atoms with Gasteiger partial charge in [-0.2, -0.15) is 0 Å².